The molecule has 2 aliphatic heterocycles. The van der Waals surface area contributed by atoms with Gasteiger partial charge in [0, 0.05) is 32.0 Å². The highest BCUT2D eigenvalue weighted by Crippen LogP contribution is 2.36. The predicted octanol–water partition coefficient (Wildman–Crippen LogP) is 3.68. The smallest absolute Gasteiger partial charge is 0.260 e. The molecule has 0 radical (unpaired) electrons. The number of ether oxygens (including phenoxy) is 2. The van der Waals surface area contributed by atoms with Gasteiger partial charge >= 0.3 is 0 Å². The lowest BCUT2D eigenvalue weighted by Gasteiger charge is -2.36. The lowest BCUT2D eigenvalue weighted by Crippen LogP contribution is -2.44. The summed E-state index contributed by atoms with van der Waals surface area (Å²) >= 11 is 0. The number of aryl methyl sites for hydroxylation is 1. The zero-order valence-corrected chi connectivity index (χ0v) is 18.1. The van der Waals surface area contributed by atoms with Gasteiger partial charge in [-0.2, -0.15) is 0 Å². The zero-order valence-electron chi connectivity index (χ0n) is 18.1. The van der Waals surface area contributed by atoms with Gasteiger partial charge in [-0.3, -0.25) is 9.59 Å². The van der Waals surface area contributed by atoms with E-state index in [2.05, 4.69) is 11.4 Å². The lowest BCUT2D eigenvalue weighted by atomic mass is 9.73. The number of amides is 2. The average molecular weight is 423 g/mol. The quantitative estimate of drug-likeness (QED) is 0.771. The van der Waals surface area contributed by atoms with Gasteiger partial charge in [-0.05, 0) is 62.4 Å². The summed E-state index contributed by atoms with van der Waals surface area (Å²) in [5.41, 5.74) is 2.29. The van der Waals surface area contributed by atoms with Crippen molar-refractivity contribution in [2.45, 2.75) is 38.0 Å². The summed E-state index contributed by atoms with van der Waals surface area (Å²) in [6, 6.07) is 15.4. The highest BCUT2D eigenvalue weighted by atomic mass is 16.5. The molecule has 0 bridgehead atoms. The van der Waals surface area contributed by atoms with Crippen LogP contribution in [0.4, 0.5) is 5.69 Å². The van der Waals surface area contributed by atoms with Crippen molar-refractivity contribution in [1.29, 1.82) is 0 Å². The molecule has 0 atom stereocenters. The van der Waals surface area contributed by atoms with Gasteiger partial charge in [-0.25, -0.2) is 0 Å². The Labute approximate surface area is 183 Å². The first kappa shape index (κ1) is 21.4. The van der Waals surface area contributed by atoms with Crippen LogP contribution in [0.1, 0.15) is 36.8 Å². The van der Waals surface area contributed by atoms with E-state index in [-0.39, 0.29) is 18.4 Å². The van der Waals surface area contributed by atoms with Crippen LogP contribution in [0.3, 0.4) is 0 Å². The van der Waals surface area contributed by atoms with Crippen molar-refractivity contribution in [2.24, 2.45) is 0 Å². The molecule has 6 heteroatoms. The van der Waals surface area contributed by atoms with Crippen LogP contribution in [0.2, 0.25) is 0 Å². The van der Waals surface area contributed by atoms with Crippen molar-refractivity contribution in [3.05, 3.63) is 59.7 Å². The number of likely N-dealkylation sites (tertiary alicyclic amines) is 1. The van der Waals surface area contributed by atoms with Crippen molar-refractivity contribution in [3.8, 4) is 5.75 Å². The molecule has 2 fully saturated rings. The van der Waals surface area contributed by atoms with Gasteiger partial charge in [0.15, 0.2) is 6.61 Å². The summed E-state index contributed by atoms with van der Waals surface area (Å²) in [5.74, 6) is 0.624. The van der Waals surface area contributed by atoms with Crippen molar-refractivity contribution in [2.75, 3.05) is 38.2 Å². The highest BCUT2D eigenvalue weighted by molar-refractivity contribution is 5.99. The monoisotopic (exact) mass is 422 g/mol. The summed E-state index contributed by atoms with van der Waals surface area (Å²) in [6.45, 7) is 4.87. The second kappa shape index (κ2) is 9.52. The number of hydrogen-bond donors (Lipinski definition) is 1. The Balaban J connectivity index is 1.41. The summed E-state index contributed by atoms with van der Waals surface area (Å²) in [7, 11) is 0. The fourth-order valence-electron chi connectivity index (χ4n) is 4.40. The maximum Gasteiger partial charge on any atom is 0.260 e. The molecule has 0 spiro atoms. The first-order chi connectivity index (χ1) is 15.1. The van der Waals surface area contributed by atoms with Crippen molar-refractivity contribution < 1.29 is 19.1 Å². The van der Waals surface area contributed by atoms with E-state index in [4.69, 9.17) is 9.47 Å². The molecule has 4 rings (SSSR count). The number of anilines is 1. The maximum absolute atomic E-state index is 13.4. The molecule has 0 aliphatic carbocycles. The van der Waals surface area contributed by atoms with Gasteiger partial charge < -0.3 is 19.7 Å². The van der Waals surface area contributed by atoms with Crippen LogP contribution in [-0.4, -0.2) is 49.6 Å². The Morgan fingerprint density at radius 2 is 1.77 bits per heavy atom. The van der Waals surface area contributed by atoms with E-state index in [1.54, 1.807) is 12.1 Å². The molecular formula is C25H30N2O4. The van der Waals surface area contributed by atoms with Crippen LogP contribution in [0.5, 0.6) is 5.75 Å². The Morgan fingerprint density at radius 3 is 2.45 bits per heavy atom. The summed E-state index contributed by atoms with van der Waals surface area (Å²) < 4.78 is 11.2. The normalized spacial score (nSPS) is 17.9. The van der Waals surface area contributed by atoms with E-state index >= 15 is 0 Å². The summed E-state index contributed by atoms with van der Waals surface area (Å²) in [5, 5.41) is 3.08. The summed E-state index contributed by atoms with van der Waals surface area (Å²) in [6.07, 6.45) is 3.44. The number of carbonyl (C=O) groups excluding carboxylic acids is 2. The molecule has 2 aromatic rings. The highest BCUT2D eigenvalue weighted by Gasteiger charge is 2.41. The molecule has 0 aromatic heterocycles. The Hall–Kier alpha value is -2.86. The van der Waals surface area contributed by atoms with Crippen LogP contribution in [0.25, 0.3) is 0 Å². The number of nitrogens with zero attached hydrogens (tertiary/aromatic N) is 1. The minimum Gasteiger partial charge on any atom is -0.484 e. The molecule has 2 saturated heterocycles. The Kier molecular flexibility index (Phi) is 6.56. The van der Waals surface area contributed by atoms with Gasteiger partial charge in [0.2, 0.25) is 5.91 Å². The molecule has 31 heavy (non-hydrogen) atoms. The predicted molar refractivity (Wildman–Crippen MR) is 119 cm³/mol. The molecule has 1 N–H and O–H groups in total. The van der Waals surface area contributed by atoms with Gasteiger partial charge in [0.25, 0.3) is 5.91 Å². The SMILES string of the molecule is Cc1cccc(C2(C(=O)Nc3ccc(OCC(=O)N4CCCC4)cc3)CCOCC2)c1. The van der Waals surface area contributed by atoms with Crippen LogP contribution < -0.4 is 10.1 Å². The van der Waals surface area contributed by atoms with E-state index in [0.717, 1.165) is 37.1 Å². The fourth-order valence-corrected chi connectivity index (χ4v) is 4.40. The molecular weight excluding hydrogens is 392 g/mol. The standard InChI is InChI=1S/C25H30N2O4/c1-19-5-4-6-20(17-19)25(11-15-30-16-12-25)24(29)26-21-7-9-22(10-8-21)31-18-23(28)27-13-2-3-14-27/h4-10,17H,2-3,11-16,18H2,1H3,(H,26,29). The van der Waals surface area contributed by atoms with E-state index in [1.165, 1.54) is 0 Å². The first-order valence-electron chi connectivity index (χ1n) is 11.0. The third-order valence-electron chi connectivity index (χ3n) is 6.28. The first-order valence-corrected chi connectivity index (χ1v) is 11.0. The molecule has 6 nitrogen and oxygen atoms in total. The second-order valence-corrected chi connectivity index (χ2v) is 8.42. The molecule has 164 valence electrons. The van der Waals surface area contributed by atoms with Crippen molar-refractivity contribution >= 4 is 17.5 Å². The minimum absolute atomic E-state index is 0.0146. The van der Waals surface area contributed by atoms with Gasteiger partial charge in [0.1, 0.15) is 5.75 Å². The van der Waals surface area contributed by atoms with Gasteiger partial charge in [-0.15, -0.1) is 0 Å². The van der Waals surface area contributed by atoms with E-state index in [9.17, 15) is 9.59 Å². The fraction of sp³-hybridized carbons (Fsp3) is 0.440. The average Bonchev–Trinajstić information content (AvgIpc) is 3.34. The van der Waals surface area contributed by atoms with Gasteiger partial charge in [0.05, 0.1) is 5.41 Å². The molecule has 2 aliphatic rings. The van der Waals surface area contributed by atoms with Crippen LogP contribution in [0, 0.1) is 6.92 Å². The number of rotatable bonds is 6. The number of hydrogen-bond acceptors (Lipinski definition) is 4. The molecule has 2 amide bonds. The maximum atomic E-state index is 13.4. The zero-order chi connectivity index (χ0) is 21.7. The van der Waals surface area contributed by atoms with Crippen LogP contribution in [0.15, 0.2) is 48.5 Å². The largest absolute Gasteiger partial charge is 0.484 e. The number of benzene rings is 2. The molecule has 2 heterocycles. The minimum atomic E-state index is -0.596. The molecule has 0 unspecified atom stereocenters. The van der Waals surface area contributed by atoms with Crippen LogP contribution >= 0.6 is 0 Å². The van der Waals surface area contributed by atoms with Crippen molar-refractivity contribution in [1.82, 2.24) is 4.90 Å². The molecule has 2 aromatic carbocycles. The van der Waals surface area contributed by atoms with E-state index in [0.29, 0.717) is 37.5 Å². The second-order valence-electron chi connectivity index (χ2n) is 8.42. The van der Waals surface area contributed by atoms with E-state index < -0.39 is 5.41 Å². The van der Waals surface area contributed by atoms with Crippen molar-refractivity contribution in [3.63, 3.8) is 0 Å². The number of carbonyl (C=O) groups is 2. The molecule has 0 saturated carbocycles. The third kappa shape index (κ3) is 4.90. The topological polar surface area (TPSA) is 67.9 Å². The lowest BCUT2D eigenvalue weighted by molar-refractivity contribution is -0.132. The number of nitrogens with one attached hydrogen (secondary N) is 1. The van der Waals surface area contributed by atoms with Crippen LogP contribution in [-0.2, 0) is 19.7 Å². The Morgan fingerprint density at radius 1 is 1.06 bits per heavy atom. The summed E-state index contributed by atoms with van der Waals surface area (Å²) in [4.78, 5) is 27.4. The van der Waals surface area contributed by atoms with E-state index in [1.807, 2.05) is 42.2 Å². The Bertz CT molecular complexity index is 913. The van der Waals surface area contributed by atoms with Gasteiger partial charge in [-0.1, -0.05) is 29.8 Å². The third-order valence-corrected chi connectivity index (χ3v) is 6.28.